The molecule has 1 aliphatic heterocycles. The van der Waals surface area contributed by atoms with Gasteiger partial charge < -0.3 is 10.3 Å². The summed E-state index contributed by atoms with van der Waals surface area (Å²) in [7, 11) is 0. The molecule has 1 atom stereocenters. The van der Waals surface area contributed by atoms with Crippen LogP contribution in [0, 0.1) is 5.82 Å². The van der Waals surface area contributed by atoms with Crippen LogP contribution in [0.3, 0.4) is 0 Å². The number of rotatable bonds is 1. The number of fused-ring (bicyclic) bond motifs is 2. The molecule has 1 aliphatic rings. The molecule has 3 aromatic rings. The largest absolute Gasteiger partial charge is 0.348 e. The number of halogens is 1. The minimum atomic E-state index is -0.265. The number of nitrogens with zero attached hydrogens (tertiary/aromatic N) is 3. The summed E-state index contributed by atoms with van der Waals surface area (Å²) in [5, 5.41) is 7.81. The third-order valence-corrected chi connectivity index (χ3v) is 3.51. The number of aromatic amines is 1. The summed E-state index contributed by atoms with van der Waals surface area (Å²) in [6.45, 7) is 0.857. The Labute approximate surface area is 108 Å². The highest BCUT2D eigenvalue weighted by atomic mass is 19.1. The van der Waals surface area contributed by atoms with Gasteiger partial charge in [-0.3, -0.25) is 0 Å². The van der Waals surface area contributed by atoms with E-state index in [1.807, 2.05) is 0 Å². The van der Waals surface area contributed by atoms with Gasteiger partial charge in [0.1, 0.15) is 11.3 Å². The van der Waals surface area contributed by atoms with E-state index in [4.69, 9.17) is 0 Å². The normalized spacial score (nSPS) is 18.7. The minimum Gasteiger partial charge on any atom is -0.348 e. The molecule has 2 N–H and O–H groups in total. The van der Waals surface area contributed by atoms with Crippen LogP contribution in [0.5, 0.6) is 0 Å². The Balaban J connectivity index is 1.86. The molecule has 0 aromatic carbocycles. The highest BCUT2D eigenvalue weighted by molar-refractivity contribution is 5.50. The predicted octanol–water partition coefficient (Wildman–Crippen LogP) is 1.43. The van der Waals surface area contributed by atoms with Gasteiger partial charge in [-0.2, -0.15) is 5.10 Å². The van der Waals surface area contributed by atoms with Gasteiger partial charge in [-0.25, -0.2) is 13.9 Å². The summed E-state index contributed by atoms with van der Waals surface area (Å²) in [5.74, 6) is -0.265. The lowest BCUT2D eigenvalue weighted by atomic mass is 10.0. The Hall–Kier alpha value is -2.21. The van der Waals surface area contributed by atoms with E-state index in [0.29, 0.717) is 5.52 Å². The lowest BCUT2D eigenvalue weighted by molar-refractivity contribution is 0.540. The quantitative estimate of drug-likeness (QED) is 0.693. The third kappa shape index (κ3) is 1.57. The highest BCUT2D eigenvalue weighted by Gasteiger charge is 2.26. The lowest BCUT2D eigenvalue weighted by Crippen LogP contribution is -2.31. The van der Waals surface area contributed by atoms with Crippen molar-refractivity contribution in [2.75, 3.05) is 6.54 Å². The average molecular weight is 257 g/mol. The van der Waals surface area contributed by atoms with Gasteiger partial charge in [0.2, 0.25) is 0 Å². The molecule has 0 radical (unpaired) electrons. The molecular formula is C13H12FN5. The fourth-order valence-corrected chi connectivity index (χ4v) is 2.60. The number of aromatic nitrogens is 4. The zero-order chi connectivity index (χ0) is 12.8. The number of hydrogen-bond donors (Lipinski definition) is 2. The van der Waals surface area contributed by atoms with E-state index in [9.17, 15) is 4.39 Å². The van der Waals surface area contributed by atoms with Crippen LogP contribution in [0.4, 0.5) is 4.39 Å². The summed E-state index contributed by atoms with van der Waals surface area (Å²) in [6.07, 6.45) is 4.37. The second-order valence-electron chi connectivity index (χ2n) is 4.66. The van der Waals surface area contributed by atoms with E-state index in [0.717, 1.165) is 30.0 Å². The van der Waals surface area contributed by atoms with E-state index in [1.54, 1.807) is 29.2 Å². The summed E-state index contributed by atoms with van der Waals surface area (Å²) in [5.41, 5.74) is 3.36. The summed E-state index contributed by atoms with van der Waals surface area (Å²) >= 11 is 0. The molecular weight excluding hydrogens is 245 g/mol. The van der Waals surface area contributed by atoms with E-state index in [-0.39, 0.29) is 11.9 Å². The molecule has 0 saturated heterocycles. The number of pyridine rings is 1. The van der Waals surface area contributed by atoms with Gasteiger partial charge in [0, 0.05) is 24.9 Å². The Morgan fingerprint density at radius 2 is 2.37 bits per heavy atom. The van der Waals surface area contributed by atoms with E-state index >= 15 is 0 Å². The van der Waals surface area contributed by atoms with Crippen molar-refractivity contribution in [1.29, 1.82) is 0 Å². The zero-order valence-electron chi connectivity index (χ0n) is 10.1. The lowest BCUT2D eigenvalue weighted by Gasteiger charge is -2.21. The Morgan fingerprint density at radius 1 is 1.42 bits per heavy atom. The van der Waals surface area contributed by atoms with Gasteiger partial charge in [-0.05, 0) is 18.2 Å². The van der Waals surface area contributed by atoms with Gasteiger partial charge in [-0.1, -0.05) is 0 Å². The zero-order valence-corrected chi connectivity index (χ0v) is 10.1. The number of hydrogen-bond acceptors (Lipinski definition) is 3. The van der Waals surface area contributed by atoms with Gasteiger partial charge >= 0.3 is 0 Å². The fourth-order valence-electron chi connectivity index (χ4n) is 2.60. The first-order valence-corrected chi connectivity index (χ1v) is 6.22. The van der Waals surface area contributed by atoms with Crippen LogP contribution in [0.15, 0.2) is 30.7 Å². The standard InChI is InChI=1S/C13H12FN5/c14-8-2-1-5-19-11(8)6-10(18-19)13-12-9(3-4-15-13)16-7-17-12/h1-2,5-7,13,15H,3-4H2,(H,16,17). The second kappa shape index (κ2) is 3.89. The van der Waals surface area contributed by atoms with Crippen molar-refractivity contribution in [2.45, 2.75) is 12.5 Å². The molecule has 6 heteroatoms. The van der Waals surface area contributed by atoms with Crippen LogP contribution in [-0.2, 0) is 6.42 Å². The molecule has 0 spiro atoms. The Kier molecular flexibility index (Phi) is 2.19. The van der Waals surface area contributed by atoms with Gasteiger partial charge in [0.25, 0.3) is 0 Å². The molecule has 0 fully saturated rings. The fraction of sp³-hybridized carbons (Fsp3) is 0.231. The van der Waals surface area contributed by atoms with Crippen molar-refractivity contribution < 1.29 is 4.39 Å². The summed E-state index contributed by atoms with van der Waals surface area (Å²) in [6, 6.07) is 4.79. The smallest absolute Gasteiger partial charge is 0.148 e. The van der Waals surface area contributed by atoms with Crippen LogP contribution in [0.2, 0.25) is 0 Å². The van der Waals surface area contributed by atoms with Crippen molar-refractivity contribution in [1.82, 2.24) is 24.9 Å². The van der Waals surface area contributed by atoms with Crippen molar-refractivity contribution >= 4 is 5.52 Å². The molecule has 0 saturated carbocycles. The molecule has 19 heavy (non-hydrogen) atoms. The maximum Gasteiger partial charge on any atom is 0.148 e. The monoisotopic (exact) mass is 257 g/mol. The molecule has 4 heterocycles. The average Bonchev–Trinajstić information content (AvgIpc) is 3.05. The first-order valence-electron chi connectivity index (χ1n) is 6.22. The number of nitrogens with one attached hydrogen (secondary N) is 2. The van der Waals surface area contributed by atoms with Crippen LogP contribution in [0.25, 0.3) is 5.52 Å². The highest BCUT2D eigenvalue weighted by Crippen LogP contribution is 2.26. The second-order valence-corrected chi connectivity index (χ2v) is 4.66. The van der Waals surface area contributed by atoms with Crippen LogP contribution in [0.1, 0.15) is 23.1 Å². The molecule has 3 aromatic heterocycles. The first kappa shape index (κ1) is 10.7. The maximum absolute atomic E-state index is 13.7. The number of H-pyrrole nitrogens is 1. The van der Waals surface area contributed by atoms with Gasteiger partial charge in [-0.15, -0.1) is 0 Å². The van der Waals surface area contributed by atoms with Crippen molar-refractivity contribution in [3.63, 3.8) is 0 Å². The van der Waals surface area contributed by atoms with Gasteiger partial charge in [0.05, 0.1) is 23.8 Å². The molecule has 96 valence electrons. The molecule has 5 nitrogen and oxygen atoms in total. The number of imidazole rings is 1. The molecule has 0 bridgehead atoms. The van der Waals surface area contributed by atoms with Crippen molar-refractivity contribution in [3.8, 4) is 0 Å². The van der Waals surface area contributed by atoms with Crippen LogP contribution in [-0.4, -0.2) is 26.1 Å². The predicted molar refractivity (Wildman–Crippen MR) is 67.3 cm³/mol. The molecule has 4 rings (SSSR count). The molecule has 0 aliphatic carbocycles. The van der Waals surface area contributed by atoms with Crippen LogP contribution >= 0.6 is 0 Å². The SMILES string of the molecule is Fc1cccn2nc(C3NCCc4[nH]cnc43)cc12. The van der Waals surface area contributed by atoms with Crippen LogP contribution < -0.4 is 5.32 Å². The van der Waals surface area contributed by atoms with E-state index in [2.05, 4.69) is 20.4 Å². The van der Waals surface area contributed by atoms with Gasteiger partial charge in [0.15, 0.2) is 0 Å². The Bertz CT molecular complexity index is 744. The van der Waals surface area contributed by atoms with E-state index < -0.39 is 0 Å². The third-order valence-electron chi connectivity index (χ3n) is 3.51. The summed E-state index contributed by atoms with van der Waals surface area (Å²) < 4.78 is 15.3. The first-order chi connectivity index (χ1) is 9.33. The summed E-state index contributed by atoms with van der Waals surface area (Å²) in [4.78, 5) is 7.49. The maximum atomic E-state index is 13.7. The van der Waals surface area contributed by atoms with E-state index in [1.165, 1.54) is 6.07 Å². The van der Waals surface area contributed by atoms with Crippen molar-refractivity contribution in [3.05, 3.63) is 53.6 Å². The molecule has 1 unspecified atom stereocenters. The topological polar surface area (TPSA) is 58.0 Å². The Morgan fingerprint density at radius 3 is 3.26 bits per heavy atom. The van der Waals surface area contributed by atoms with Crippen molar-refractivity contribution in [2.24, 2.45) is 0 Å². The minimum absolute atomic E-state index is 0.0747. The molecule has 0 amide bonds.